The smallest absolute Gasteiger partial charge is 0.202 e. The van der Waals surface area contributed by atoms with E-state index >= 15 is 0 Å². The highest BCUT2D eigenvalue weighted by Gasteiger charge is 2.44. The van der Waals surface area contributed by atoms with Gasteiger partial charge in [0.2, 0.25) is 5.78 Å². The number of phenolic OH excluding ortho intramolecular Hbond substituents is 2. The van der Waals surface area contributed by atoms with Gasteiger partial charge in [0.1, 0.15) is 17.6 Å². The lowest BCUT2D eigenvalue weighted by atomic mass is 9.72. The number of aromatic hydroxyl groups is 2. The van der Waals surface area contributed by atoms with Crippen LogP contribution in [0.1, 0.15) is 86.1 Å². The fourth-order valence-corrected chi connectivity index (χ4v) is 5.36. The number of phenols is 2. The van der Waals surface area contributed by atoms with E-state index in [0.29, 0.717) is 0 Å². The van der Waals surface area contributed by atoms with Gasteiger partial charge in [-0.1, -0.05) is 6.07 Å². The molecule has 1 heterocycles. The van der Waals surface area contributed by atoms with Crippen molar-refractivity contribution in [3.05, 3.63) is 57.1 Å². The van der Waals surface area contributed by atoms with Gasteiger partial charge in [-0.25, -0.2) is 0 Å². The average Bonchev–Trinajstić information content (AvgIpc) is 2.73. The molecule has 5 N–H and O–H groups in total. The number of carbonyl (C=O) groups is 3. The molecule has 1 fully saturated rings. The van der Waals surface area contributed by atoms with Crippen LogP contribution in [0.25, 0.3) is 0 Å². The molecule has 5 atom stereocenters. The average molecular weight is 468 g/mol. The van der Waals surface area contributed by atoms with Crippen LogP contribution in [0.5, 0.6) is 11.5 Å². The second-order valence-electron chi connectivity index (χ2n) is 9.66. The van der Waals surface area contributed by atoms with Crippen molar-refractivity contribution in [2.45, 2.75) is 63.1 Å². The largest absolute Gasteiger partial charge is 0.507 e. The number of Topliss-reactive ketones (excluding diaryl/α,β-unsaturated/α-hetero) is 1. The van der Waals surface area contributed by atoms with E-state index in [2.05, 4.69) is 0 Å². The topological polar surface area (TPSA) is 162 Å². The fourth-order valence-electron chi connectivity index (χ4n) is 5.36. The van der Waals surface area contributed by atoms with E-state index in [4.69, 9.17) is 4.74 Å². The van der Waals surface area contributed by atoms with Crippen LogP contribution in [-0.4, -0.2) is 66.8 Å². The van der Waals surface area contributed by atoms with Crippen molar-refractivity contribution in [3.8, 4) is 11.5 Å². The fraction of sp³-hybridized carbons (Fsp3) is 0.400. The first-order valence-electron chi connectivity index (χ1n) is 11.0. The Kier molecular flexibility index (Phi) is 4.96. The van der Waals surface area contributed by atoms with E-state index in [1.54, 1.807) is 6.92 Å². The van der Waals surface area contributed by atoms with Crippen LogP contribution in [0.3, 0.4) is 0 Å². The molecule has 3 aliphatic rings. The summed E-state index contributed by atoms with van der Waals surface area (Å²) in [5.74, 6) is -3.06. The first kappa shape index (κ1) is 22.7. The molecular formula is C25H24O9. The first-order valence-corrected chi connectivity index (χ1v) is 11.0. The van der Waals surface area contributed by atoms with Gasteiger partial charge in [0.15, 0.2) is 11.6 Å². The molecule has 0 aromatic heterocycles. The maximum Gasteiger partial charge on any atom is 0.202 e. The molecule has 1 saturated heterocycles. The lowest BCUT2D eigenvalue weighted by molar-refractivity contribution is -0.163. The third-order valence-corrected chi connectivity index (χ3v) is 6.97. The zero-order chi connectivity index (χ0) is 24.7. The maximum atomic E-state index is 13.5. The van der Waals surface area contributed by atoms with Crippen LogP contribution in [-0.2, 0) is 11.2 Å². The monoisotopic (exact) mass is 468 g/mol. The van der Waals surface area contributed by atoms with Crippen molar-refractivity contribution in [2.24, 2.45) is 0 Å². The van der Waals surface area contributed by atoms with E-state index in [1.165, 1.54) is 25.1 Å². The lowest BCUT2D eigenvalue weighted by Crippen LogP contribution is -2.44. The third-order valence-electron chi connectivity index (χ3n) is 6.97. The molecule has 2 aromatic rings. The van der Waals surface area contributed by atoms with Crippen LogP contribution in [0, 0.1) is 0 Å². The standard InChI is InChI=1S/C25H24O9/c1-9-21(29)14(27)6-16(34-9)11-3-4-12-18(22(11)30)24(32)19-13(26)5-10-7-25(2,33)8-15(28)17(10)20(19)23(12)31/h3-5,9,14,16,21,26-27,29-30,33H,6-8H2,1-2H3/t9-,14-,16-,21-,25-/m1/s1. The number of aliphatic hydroxyl groups is 3. The second-order valence-corrected chi connectivity index (χ2v) is 9.66. The van der Waals surface area contributed by atoms with Crippen LogP contribution >= 0.6 is 0 Å². The van der Waals surface area contributed by atoms with Gasteiger partial charge in [-0.15, -0.1) is 0 Å². The van der Waals surface area contributed by atoms with E-state index in [1.807, 2.05) is 0 Å². The summed E-state index contributed by atoms with van der Waals surface area (Å²) in [6.07, 6.45) is -4.04. The number of fused-ring (bicyclic) bond motifs is 4. The molecule has 178 valence electrons. The predicted molar refractivity (Wildman–Crippen MR) is 116 cm³/mol. The Labute approximate surface area is 194 Å². The minimum Gasteiger partial charge on any atom is -0.507 e. The van der Waals surface area contributed by atoms with E-state index in [9.17, 15) is 39.9 Å². The van der Waals surface area contributed by atoms with Gasteiger partial charge in [0, 0.05) is 41.5 Å². The summed E-state index contributed by atoms with van der Waals surface area (Å²) in [7, 11) is 0. The number of rotatable bonds is 1. The molecule has 0 saturated carbocycles. The second kappa shape index (κ2) is 7.44. The van der Waals surface area contributed by atoms with Crippen molar-refractivity contribution in [1.82, 2.24) is 0 Å². The number of ether oxygens (including phenoxy) is 1. The van der Waals surface area contributed by atoms with E-state index in [0.717, 1.165) is 0 Å². The summed E-state index contributed by atoms with van der Waals surface area (Å²) in [5, 5.41) is 52.1. The Morgan fingerprint density at radius 2 is 1.68 bits per heavy atom. The maximum absolute atomic E-state index is 13.5. The van der Waals surface area contributed by atoms with Crippen molar-refractivity contribution in [1.29, 1.82) is 0 Å². The highest BCUT2D eigenvalue weighted by Crippen LogP contribution is 2.45. The summed E-state index contributed by atoms with van der Waals surface area (Å²) < 4.78 is 5.71. The third kappa shape index (κ3) is 3.19. The summed E-state index contributed by atoms with van der Waals surface area (Å²) >= 11 is 0. The summed E-state index contributed by atoms with van der Waals surface area (Å²) in [6.45, 7) is 3.05. The van der Waals surface area contributed by atoms with Gasteiger partial charge >= 0.3 is 0 Å². The van der Waals surface area contributed by atoms with Gasteiger partial charge in [-0.2, -0.15) is 0 Å². The molecule has 0 bridgehead atoms. The highest BCUT2D eigenvalue weighted by atomic mass is 16.5. The Morgan fingerprint density at radius 1 is 0.971 bits per heavy atom. The van der Waals surface area contributed by atoms with Crippen LogP contribution in [0.15, 0.2) is 18.2 Å². The molecule has 0 amide bonds. The Morgan fingerprint density at radius 3 is 2.35 bits per heavy atom. The SMILES string of the molecule is C[C@H]1O[C@@H](c2ccc3c(c2O)C(=O)c2c(O)cc4c(c2C3=O)C(=O)C[C@](C)(O)C4)C[C@@H](O)[C@@H]1O. The predicted octanol–water partition coefficient (Wildman–Crippen LogP) is 1.32. The number of carbonyl (C=O) groups excluding carboxylic acids is 3. The number of aliphatic hydroxyl groups excluding tert-OH is 2. The Hall–Kier alpha value is -3.11. The number of ketones is 3. The molecule has 1 aliphatic heterocycles. The van der Waals surface area contributed by atoms with Gasteiger partial charge in [0.05, 0.1) is 35.0 Å². The minimum absolute atomic E-state index is 0.00781. The molecule has 9 nitrogen and oxygen atoms in total. The van der Waals surface area contributed by atoms with Crippen molar-refractivity contribution in [2.75, 3.05) is 0 Å². The van der Waals surface area contributed by atoms with Gasteiger partial charge < -0.3 is 30.3 Å². The van der Waals surface area contributed by atoms with Crippen LogP contribution in [0.4, 0.5) is 0 Å². The van der Waals surface area contributed by atoms with E-state index in [-0.39, 0.29) is 58.2 Å². The van der Waals surface area contributed by atoms with Crippen molar-refractivity contribution in [3.63, 3.8) is 0 Å². The summed E-state index contributed by atoms with van der Waals surface area (Å²) in [5.41, 5.74) is -1.93. The molecule has 0 spiro atoms. The number of hydrogen-bond acceptors (Lipinski definition) is 9. The first-order chi connectivity index (χ1) is 15.9. The molecule has 9 heteroatoms. The van der Waals surface area contributed by atoms with E-state index < -0.39 is 58.9 Å². The number of benzene rings is 2. The van der Waals surface area contributed by atoms with Gasteiger partial charge in [-0.3, -0.25) is 14.4 Å². The lowest BCUT2D eigenvalue weighted by Gasteiger charge is -2.36. The molecule has 0 unspecified atom stereocenters. The summed E-state index contributed by atoms with van der Waals surface area (Å²) in [4.78, 5) is 39.8. The number of hydrogen-bond donors (Lipinski definition) is 5. The molecule has 0 radical (unpaired) electrons. The zero-order valence-electron chi connectivity index (χ0n) is 18.5. The molecule has 2 aliphatic carbocycles. The Balaban J connectivity index is 1.65. The highest BCUT2D eigenvalue weighted by molar-refractivity contribution is 6.33. The van der Waals surface area contributed by atoms with Crippen LogP contribution in [0.2, 0.25) is 0 Å². The van der Waals surface area contributed by atoms with Gasteiger partial charge in [-0.05, 0) is 31.5 Å². The molecule has 34 heavy (non-hydrogen) atoms. The Bertz CT molecular complexity index is 1260. The quantitative estimate of drug-likeness (QED) is 0.355. The summed E-state index contributed by atoms with van der Waals surface area (Å²) in [6, 6.07) is 3.97. The molecule has 2 aromatic carbocycles. The normalized spacial score (nSPS) is 30.6. The minimum atomic E-state index is -1.34. The van der Waals surface area contributed by atoms with Gasteiger partial charge in [0.25, 0.3) is 0 Å². The van der Waals surface area contributed by atoms with Crippen molar-refractivity contribution >= 4 is 17.3 Å². The zero-order valence-corrected chi connectivity index (χ0v) is 18.5. The van der Waals surface area contributed by atoms with Crippen LogP contribution < -0.4 is 0 Å². The molecular weight excluding hydrogens is 444 g/mol. The van der Waals surface area contributed by atoms with Crippen molar-refractivity contribution < 1.29 is 44.7 Å². The molecule has 5 rings (SSSR count).